The highest BCUT2D eigenvalue weighted by atomic mass is 15.1. The van der Waals surface area contributed by atoms with E-state index < -0.39 is 0 Å². The van der Waals surface area contributed by atoms with Crippen LogP contribution in [0.5, 0.6) is 0 Å². The van der Waals surface area contributed by atoms with Gasteiger partial charge in [-0.1, -0.05) is 109 Å². The number of anilines is 3. The summed E-state index contributed by atoms with van der Waals surface area (Å²) in [6.07, 6.45) is 3.77. The minimum Gasteiger partial charge on any atom is -0.310 e. The summed E-state index contributed by atoms with van der Waals surface area (Å²) in [5.74, 6) is 0.864. The molecule has 0 unspecified atom stereocenters. The van der Waals surface area contributed by atoms with E-state index in [0.717, 1.165) is 67.4 Å². The van der Waals surface area contributed by atoms with Crippen LogP contribution in [0.3, 0.4) is 0 Å². The quantitative estimate of drug-likeness (QED) is 0.164. The zero-order chi connectivity index (χ0) is 37.7. The lowest BCUT2D eigenvalue weighted by Crippen LogP contribution is -2.10. The third kappa shape index (κ3) is 5.48. The molecule has 0 aliphatic heterocycles. The molecule has 0 fully saturated rings. The van der Waals surface area contributed by atoms with Crippen molar-refractivity contribution >= 4 is 60.7 Å². The highest BCUT2D eigenvalue weighted by Gasteiger charge is 2.23. The van der Waals surface area contributed by atoms with E-state index in [2.05, 4.69) is 207 Å². The van der Waals surface area contributed by atoms with E-state index in [0.29, 0.717) is 0 Å². The average Bonchev–Trinajstić information content (AvgIpc) is 3.80. The first kappa shape index (κ1) is 32.7. The summed E-state index contributed by atoms with van der Waals surface area (Å²) in [5, 5.41) is 4.81. The minimum atomic E-state index is 0.864. The zero-order valence-electron chi connectivity index (χ0n) is 30.9. The van der Waals surface area contributed by atoms with Crippen LogP contribution in [0, 0.1) is 0 Å². The second-order valence-corrected chi connectivity index (χ2v) is 14.3. The lowest BCUT2D eigenvalue weighted by molar-refractivity contribution is 1.08. The number of pyridine rings is 2. The second kappa shape index (κ2) is 13.5. The highest BCUT2D eigenvalue weighted by Crippen LogP contribution is 2.45. The van der Waals surface area contributed by atoms with Crippen LogP contribution in [-0.2, 0) is 0 Å². The molecule has 0 aliphatic carbocycles. The summed E-state index contributed by atoms with van der Waals surface area (Å²) in [6.45, 7) is 0. The summed E-state index contributed by atoms with van der Waals surface area (Å²) in [7, 11) is 0. The number of benzene rings is 7. The third-order valence-electron chi connectivity index (χ3n) is 11.0. The van der Waals surface area contributed by atoms with E-state index in [4.69, 9.17) is 4.98 Å². The van der Waals surface area contributed by atoms with Crippen molar-refractivity contribution in [3.8, 4) is 33.9 Å². The monoisotopic (exact) mass is 729 g/mol. The Labute approximate surface area is 330 Å². The zero-order valence-corrected chi connectivity index (χ0v) is 30.9. The Bertz CT molecular complexity index is 3220. The molecule has 4 heterocycles. The van der Waals surface area contributed by atoms with Crippen LogP contribution in [0.2, 0.25) is 0 Å². The summed E-state index contributed by atoms with van der Waals surface area (Å²) < 4.78 is 4.74. The van der Waals surface area contributed by atoms with Gasteiger partial charge in [0.25, 0.3) is 0 Å². The van der Waals surface area contributed by atoms with Gasteiger partial charge in [0.15, 0.2) is 0 Å². The van der Waals surface area contributed by atoms with Crippen LogP contribution in [0.15, 0.2) is 213 Å². The first-order valence-electron chi connectivity index (χ1n) is 19.2. The van der Waals surface area contributed by atoms with Crippen molar-refractivity contribution in [3.05, 3.63) is 213 Å². The van der Waals surface area contributed by atoms with Gasteiger partial charge in [-0.2, -0.15) is 0 Å². The fraction of sp³-hybridized carbons (Fsp3) is 0. The van der Waals surface area contributed by atoms with Crippen LogP contribution in [0.4, 0.5) is 17.1 Å². The second-order valence-electron chi connectivity index (χ2n) is 14.3. The maximum absolute atomic E-state index is 5.08. The van der Waals surface area contributed by atoms with E-state index in [1.807, 2.05) is 24.5 Å². The molecule has 0 radical (unpaired) electrons. The molecule has 0 N–H and O–H groups in total. The Hall–Kier alpha value is -7.76. The van der Waals surface area contributed by atoms with Gasteiger partial charge in [-0.25, -0.2) is 4.98 Å². The summed E-state index contributed by atoms with van der Waals surface area (Å²) in [4.78, 5) is 12.1. The molecule has 0 amide bonds. The first-order valence-corrected chi connectivity index (χ1v) is 19.2. The van der Waals surface area contributed by atoms with Gasteiger partial charge in [0.2, 0.25) is 0 Å². The van der Waals surface area contributed by atoms with E-state index >= 15 is 0 Å². The Morgan fingerprint density at radius 3 is 1.79 bits per heavy atom. The molecule has 0 saturated carbocycles. The number of fused-ring (bicyclic) bond motifs is 7. The van der Waals surface area contributed by atoms with Gasteiger partial charge in [0, 0.05) is 62.3 Å². The van der Waals surface area contributed by atoms with E-state index in [1.54, 1.807) is 0 Å². The van der Waals surface area contributed by atoms with Gasteiger partial charge < -0.3 is 9.47 Å². The van der Waals surface area contributed by atoms with Gasteiger partial charge in [-0.05, 0) is 102 Å². The number of nitrogens with zero attached hydrogens (tertiary/aromatic N) is 5. The van der Waals surface area contributed by atoms with E-state index in [1.165, 1.54) is 27.2 Å². The summed E-state index contributed by atoms with van der Waals surface area (Å²) in [6, 6.07) is 71.0. The van der Waals surface area contributed by atoms with Crippen LogP contribution in [-0.4, -0.2) is 19.1 Å². The van der Waals surface area contributed by atoms with E-state index in [-0.39, 0.29) is 0 Å². The number of hydrogen-bond acceptors (Lipinski definition) is 3. The van der Waals surface area contributed by atoms with Crippen molar-refractivity contribution in [2.75, 3.05) is 4.90 Å². The molecule has 11 aromatic rings. The topological polar surface area (TPSA) is 38.9 Å². The largest absolute Gasteiger partial charge is 0.310 e. The lowest BCUT2D eigenvalue weighted by Gasteiger charge is -2.26. The van der Waals surface area contributed by atoms with Gasteiger partial charge in [0.05, 0.1) is 27.8 Å². The Balaban J connectivity index is 1.22. The van der Waals surface area contributed by atoms with E-state index in [9.17, 15) is 0 Å². The van der Waals surface area contributed by atoms with Crippen molar-refractivity contribution in [2.45, 2.75) is 0 Å². The maximum Gasteiger partial charge on any atom is 0.138 e. The van der Waals surface area contributed by atoms with Gasteiger partial charge in [0.1, 0.15) is 5.82 Å². The number of aromatic nitrogens is 4. The molecule has 11 rings (SSSR count). The van der Waals surface area contributed by atoms with Crippen molar-refractivity contribution in [1.82, 2.24) is 19.1 Å². The molecule has 0 saturated heterocycles. The van der Waals surface area contributed by atoms with Gasteiger partial charge in [-0.3, -0.25) is 9.55 Å². The fourth-order valence-corrected chi connectivity index (χ4v) is 8.51. The van der Waals surface area contributed by atoms with Gasteiger partial charge in [-0.15, -0.1) is 0 Å². The molecule has 57 heavy (non-hydrogen) atoms. The molecule has 0 atom stereocenters. The first-order chi connectivity index (χ1) is 28.3. The van der Waals surface area contributed by atoms with Crippen molar-refractivity contribution in [1.29, 1.82) is 0 Å². The molecular formula is C52H35N5. The average molecular weight is 730 g/mol. The summed E-state index contributed by atoms with van der Waals surface area (Å²) in [5.41, 5.74) is 13.1. The fourth-order valence-electron chi connectivity index (χ4n) is 8.51. The number of para-hydroxylation sites is 3. The predicted molar refractivity (Wildman–Crippen MR) is 236 cm³/mol. The molecule has 5 heteroatoms. The van der Waals surface area contributed by atoms with Crippen molar-refractivity contribution in [3.63, 3.8) is 0 Å². The Kier molecular flexibility index (Phi) is 7.74. The van der Waals surface area contributed by atoms with Crippen LogP contribution in [0.1, 0.15) is 0 Å². The molecular weight excluding hydrogens is 695 g/mol. The lowest BCUT2D eigenvalue weighted by atomic mass is 10.0. The molecule has 5 nitrogen and oxygen atoms in total. The molecule has 4 aromatic heterocycles. The van der Waals surface area contributed by atoms with Crippen LogP contribution in [0.25, 0.3) is 77.5 Å². The smallest absolute Gasteiger partial charge is 0.138 e. The maximum atomic E-state index is 5.08. The van der Waals surface area contributed by atoms with Crippen molar-refractivity contribution in [2.24, 2.45) is 0 Å². The normalized spacial score (nSPS) is 11.5. The van der Waals surface area contributed by atoms with Gasteiger partial charge >= 0.3 is 0 Å². The van der Waals surface area contributed by atoms with Crippen LogP contribution < -0.4 is 4.90 Å². The molecule has 7 aromatic carbocycles. The van der Waals surface area contributed by atoms with Crippen LogP contribution >= 0.6 is 0 Å². The number of hydrogen-bond donors (Lipinski definition) is 0. The molecule has 0 aliphatic rings. The molecule has 0 bridgehead atoms. The Morgan fingerprint density at radius 2 is 1.00 bits per heavy atom. The molecule has 268 valence electrons. The van der Waals surface area contributed by atoms with Crippen molar-refractivity contribution < 1.29 is 0 Å². The molecule has 0 spiro atoms. The third-order valence-corrected chi connectivity index (χ3v) is 11.0. The minimum absolute atomic E-state index is 0.864. The summed E-state index contributed by atoms with van der Waals surface area (Å²) >= 11 is 0. The Morgan fingerprint density at radius 1 is 0.351 bits per heavy atom. The number of rotatable bonds is 7. The predicted octanol–water partition coefficient (Wildman–Crippen LogP) is 13.5. The SMILES string of the molecule is c1ccc(-c2ccnc(-n3c4cc(N(c5ccccc5)c5cccc(-c6ccccn6)c5)ccc4c4c5c6ccccc6n(-c6ccccc6)c5ccc43)c2)cc1. The highest BCUT2D eigenvalue weighted by molar-refractivity contribution is 6.29. The standard InChI is InChI=1S/C52H35N5/c1-4-15-36(16-5-1)37-30-32-54-50(34-37)57-48-29-28-47-51(43-23-10-11-25-46(43)56(47)40-20-8-3-9-21-40)52(48)44-27-26-42(35-49(44)57)55(39-18-6-2-7-19-39)41-22-14-17-38(33-41)45-24-12-13-31-53-45/h1-35H.